The number of hydrogen-bond acceptors (Lipinski definition) is 2. The summed E-state index contributed by atoms with van der Waals surface area (Å²) in [6.45, 7) is 1.08. The molecule has 0 bridgehead atoms. The normalized spacial score (nSPS) is 22.3. The van der Waals surface area contributed by atoms with E-state index in [-0.39, 0.29) is 0 Å². The van der Waals surface area contributed by atoms with Crippen LogP contribution in [0.15, 0.2) is 47.5 Å². The van der Waals surface area contributed by atoms with Crippen molar-refractivity contribution in [3.05, 3.63) is 42.5 Å². The molecule has 0 aromatic heterocycles. The summed E-state index contributed by atoms with van der Waals surface area (Å²) >= 11 is 0. The third-order valence-corrected chi connectivity index (χ3v) is 2.99. The van der Waals surface area contributed by atoms with Gasteiger partial charge in [-0.05, 0) is 45.1 Å². The first-order chi connectivity index (χ1) is 8.25. The van der Waals surface area contributed by atoms with Crippen LogP contribution in [0.3, 0.4) is 0 Å². The van der Waals surface area contributed by atoms with Gasteiger partial charge in [-0.25, -0.2) is 0 Å². The van der Waals surface area contributed by atoms with E-state index in [1.807, 2.05) is 18.2 Å². The molecule has 0 N–H and O–H groups in total. The van der Waals surface area contributed by atoms with Gasteiger partial charge in [0.2, 0.25) is 0 Å². The Balaban J connectivity index is 2.19. The third-order valence-electron chi connectivity index (χ3n) is 2.99. The van der Waals surface area contributed by atoms with E-state index in [1.54, 1.807) is 0 Å². The van der Waals surface area contributed by atoms with Gasteiger partial charge in [0.05, 0.1) is 5.69 Å². The van der Waals surface area contributed by atoms with Gasteiger partial charge >= 0.3 is 0 Å². The lowest BCUT2D eigenvalue weighted by Gasteiger charge is -2.23. The standard InChI is InChI=1S/C15H20N2/c1-17(2)12-13-8-6-7-11-15(13)16-14-9-4-3-5-10-14/h3-5,7,9-11,13H,6,8,12H2,1-2H3. The first kappa shape index (κ1) is 12.1. The van der Waals surface area contributed by atoms with Gasteiger partial charge in [-0.15, -0.1) is 0 Å². The fourth-order valence-electron chi connectivity index (χ4n) is 2.19. The van der Waals surface area contributed by atoms with Crippen molar-refractivity contribution in [1.29, 1.82) is 0 Å². The number of hydrogen-bond donors (Lipinski definition) is 0. The van der Waals surface area contributed by atoms with Gasteiger partial charge < -0.3 is 4.90 Å². The van der Waals surface area contributed by atoms with Crippen molar-refractivity contribution in [3.8, 4) is 0 Å². The molecule has 0 radical (unpaired) electrons. The van der Waals surface area contributed by atoms with E-state index in [2.05, 4.69) is 43.3 Å². The Labute approximate surface area is 104 Å². The van der Waals surface area contributed by atoms with Crippen LogP contribution in [0, 0.1) is 5.92 Å². The molecule has 1 aromatic rings. The Morgan fingerprint density at radius 3 is 2.71 bits per heavy atom. The summed E-state index contributed by atoms with van der Waals surface area (Å²) < 4.78 is 0. The molecule has 2 rings (SSSR count). The number of nitrogens with zero attached hydrogens (tertiary/aromatic N) is 2. The van der Waals surface area contributed by atoms with Crippen molar-refractivity contribution in [2.75, 3.05) is 20.6 Å². The molecule has 1 aliphatic rings. The monoisotopic (exact) mass is 228 g/mol. The van der Waals surface area contributed by atoms with Crippen molar-refractivity contribution in [1.82, 2.24) is 4.90 Å². The largest absolute Gasteiger partial charge is 0.309 e. The minimum Gasteiger partial charge on any atom is -0.309 e. The molecule has 1 aliphatic carbocycles. The molecular weight excluding hydrogens is 208 g/mol. The van der Waals surface area contributed by atoms with Crippen LogP contribution in [0.2, 0.25) is 0 Å². The lowest BCUT2D eigenvalue weighted by molar-refractivity contribution is 0.360. The van der Waals surface area contributed by atoms with E-state index in [1.165, 1.54) is 18.6 Å². The third kappa shape index (κ3) is 3.53. The minimum atomic E-state index is 0.565. The van der Waals surface area contributed by atoms with Gasteiger partial charge in [0.25, 0.3) is 0 Å². The molecule has 0 amide bonds. The maximum absolute atomic E-state index is 4.76. The first-order valence-corrected chi connectivity index (χ1v) is 6.20. The summed E-state index contributed by atoms with van der Waals surface area (Å²) in [6.07, 6.45) is 6.80. The van der Waals surface area contributed by atoms with E-state index in [9.17, 15) is 0 Å². The van der Waals surface area contributed by atoms with Gasteiger partial charge in [0.1, 0.15) is 0 Å². The van der Waals surface area contributed by atoms with Crippen LogP contribution in [-0.4, -0.2) is 31.3 Å². The fraction of sp³-hybridized carbons (Fsp3) is 0.400. The van der Waals surface area contributed by atoms with Crippen LogP contribution in [0.25, 0.3) is 0 Å². The number of para-hydroxylation sites is 1. The molecule has 0 spiro atoms. The number of allylic oxidation sites excluding steroid dienone is 2. The predicted molar refractivity (Wildman–Crippen MR) is 74.0 cm³/mol. The van der Waals surface area contributed by atoms with Crippen molar-refractivity contribution in [2.24, 2.45) is 10.9 Å². The van der Waals surface area contributed by atoms with Gasteiger partial charge in [0.15, 0.2) is 0 Å². The van der Waals surface area contributed by atoms with Crippen molar-refractivity contribution in [2.45, 2.75) is 12.8 Å². The highest BCUT2D eigenvalue weighted by atomic mass is 15.1. The quantitative estimate of drug-likeness (QED) is 0.775. The Kier molecular flexibility index (Phi) is 4.10. The summed E-state index contributed by atoms with van der Waals surface area (Å²) in [4.78, 5) is 7.00. The molecule has 2 nitrogen and oxygen atoms in total. The predicted octanol–water partition coefficient (Wildman–Crippen LogP) is 3.29. The summed E-state index contributed by atoms with van der Waals surface area (Å²) in [7, 11) is 4.25. The highest BCUT2D eigenvalue weighted by Crippen LogP contribution is 2.21. The highest BCUT2D eigenvalue weighted by molar-refractivity contribution is 5.99. The highest BCUT2D eigenvalue weighted by Gasteiger charge is 2.17. The van der Waals surface area contributed by atoms with E-state index in [0.29, 0.717) is 5.92 Å². The van der Waals surface area contributed by atoms with E-state index in [0.717, 1.165) is 12.2 Å². The molecular formula is C15H20N2. The maximum atomic E-state index is 4.76. The Hall–Kier alpha value is -1.41. The number of aliphatic imine (C=N–C) groups is 1. The molecule has 1 aromatic carbocycles. The number of benzene rings is 1. The molecule has 0 saturated heterocycles. The van der Waals surface area contributed by atoms with Gasteiger partial charge in [-0.2, -0.15) is 0 Å². The Morgan fingerprint density at radius 2 is 2.00 bits per heavy atom. The lowest BCUT2D eigenvalue weighted by Crippen LogP contribution is -2.28. The zero-order chi connectivity index (χ0) is 12.1. The Morgan fingerprint density at radius 1 is 1.24 bits per heavy atom. The van der Waals surface area contributed by atoms with Gasteiger partial charge in [-0.1, -0.05) is 24.3 Å². The van der Waals surface area contributed by atoms with Crippen LogP contribution in [0.1, 0.15) is 12.8 Å². The van der Waals surface area contributed by atoms with Crippen LogP contribution in [0.5, 0.6) is 0 Å². The fourth-order valence-corrected chi connectivity index (χ4v) is 2.19. The van der Waals surface area contributed by atoms with Gasteiger partial charge in [-0.3, -0.25) is 4.99 Å². The molecule has 1 atom stereocenters. The van der Waals surface area contributed by atoms with Crippen LogP contribution >= 0.6 is 0 Å². The molecule has 0 aliphatic heterocycles. The van der Waals surface area contributed by atoms with E-state index >= 15 is 0 Å². The molecule has 2 heteroatoms. The average molecular weight is 228 g/mol. The Bertz CT molecular complexity index is 404. The SMILES string of the molecule is CN(C)CC1CCC=CC1=Nc1ccccc1. The molecule has 17 heavy (non-hydrogen) atoms. The van der Waals surface area contributed by atoms with E-state index in [4.69, 9.17) is 4.99 Å². The average Bonchev–Trinajstić information content (AvgIpc) is 2.32. The van der Waals surface area contributed by atoms with Crippen molar-refractivity contribution in [3.63, 3.8) is 0 Å². The molecule has 0 heterocycles. The van der Waals surface area contributed by atoms with Gasteiger partial charge in [0, 0.05) is 18.2 Å². The van der Waals surface area contributed by atoms with Crippen LogP contribution < -0.4 is 0 Å². The summed E-state index contributed by atoms with van der Waals surface area (Å²) in [5, 5.41) is 0. The second-order valence-corrected chi connectivity index (χ2v) is 4.81. The smallest absolute Gasteiger partial charge is 0.0633 e. The minimum absolute atomic E-state index is 0.565. The molecule has 0 saturated carbocycles. The van der Waals surface area contributed by atoms with Crippen molar-refractivity contribution < 1.29 is 0 Å². The molecule has 0 fully saturated rings. The maximum Gasteiger partial charge on any atom is 0.0633 e. The number of rotatable bonds is 3. The second kappa shape index (κ2) is 5.78. The molecule has 1 unspecified atom stereocenters. The second-order valence-electron chi connectivity index (χ2n) is 4.81. The molecule has 90 valence electrons. The zero-order valence-electron chi connectivity index (χ0n) is 10.6. The first-order valence-electron chi connectivity index (χ1n) is 6.20. The summed E-state index contributed by atoms with van der Waals surface area (Å²) in [5.41, 5.74) is 2.27. The lowest BCUT2D eigenvalue weighted by atomic mass is 9.92. The zero-order valence-corrected chi connectivity index (χ0v) is 10.6. The summed E-state index contributed by atoms with van der Waals surface area (Å²) in [5.74, 6) is 0.565. The van der Waals surface area contributed by atoms with Crippen molar-refractivity contribution >= 4 is 11.4 Å². The van der Waals surface area contributed by atoms with Crippen LogP contribution in [0.4, 0.5) is 5.69 Å². The van der Waals surface area contributed by atoms with Crippen LogP contribution in [-0.2, 0) is 0 Å². The summed E-state index contributed by atoms with van der Waals surface area (Å²) in [6, 6.07) is 10.2. The topological polar surface area (TPSA) is 15.6 Å². The van der Waals surface area contributed by atoms with E-state index < -0.39 is 0 Å².